The van der Waals surface area contributed by atoms with Gasteiger partial charge < -0.3 is 9.47 Å². The van der Waals surface area contributed by atoms with E-state index in [1.54, 1.807) is 0 Å². The molecule has 3 rings (SSSR count). The maximum Gasteiger partial charge on any atom is 0.435 e. The molecule has 0 saturated heterocycles. The van der Waals surface area contributed by atoms with Crippen molar-refractivity contribution in [3.8, 4) is 17.2 Å². The number of hydrogen-bond donors (Lipinski definition) is 1. The second kappa shape index (κ2) is 10.0. The largest absolute Gasteiger partial charge is 0.484 e. The number of nitrogens with zero attached hydrogens (tertiary/aromatic N) is 2. The summed E-state index contributed by atoms with van der Waals surface area (Å²) in [6.45, 7) is -3.69. The van der Waals surface area contributed by atoms with E-state index in [-0.39, 0.29) is 11.4 Å². The van der Waals surface area contributed by atoms with Crippen LogP contribution in [0, 0.1) is 0 Å². The normalized spacial score (nSPS) is 12.9. The summed E-state index contributed by atoms with van der Waals surface area (Å²) in [4.78, 5) is -0.956. The Bertz CT molecular complexity index is 1330. The van der Waals surface area contributed by atoms with Gasteiger partial charge in [0.15, 0.2) is 18.9 Å². The van der Waals surface area contributed by atoms with Crippen LogP contribution in [0.15, 0.2) is 59.6 Å². The van der Waals surface area contributed by atoms with E-state index in [1.807, 2.05) is 4.72 Å². The highest BCUT2D eigenvalue weighted by Gasteiger charge is 2.34. The van der Waals surface area contributed by atoms with Gasteiger partial charge in [-0.1, -0.05) is 0 Å². The third kappa shape index (κ3) is 7.93. The number of anilines is 1. The van der Waals surface area contributed by atoms with E-state index in [9.17, 15) is 47.9 Å². The second-order valence-electron chi connectivity index (χ2n) is 7.21. The highest BCUT2D eigenvalue weighted by atomic mass is 32.2. The van der Waals surface area contributed by atoms with Crippen molar-refractivity contribution >= 4 is 15.7 Å². The molecule has 0 saturated carbocycles. The van der Waals surface area contributed by atoms with Crippen molar-refractivity contribution in [1.29, 1.82) is 0 Å². The predicted octanol–water partition coefficient (Wildman–Crippen LogP) is 5.57. The molecule has 0 bridgehead atoms. The van der Waals surface area contributed by atoms with E-state index in [1.165, 1.54) is 12.1 Å². The molecule has 1 N–H and O–H groups in total. The maximum atomic E-state index is 12.9. The van der Waals surface area contributed by atoms with Gasteiger partial charge in [0.25, 0.3) is 10.0 Å². The van der Waals surface area contributed by atoms with Crippen LogP contribution in [0.4, 0.5) is 45.2 Å². The van der Waals surface area contributed by atoms with Gasteiger partial charge in [0, 0.05) is 18.0 Å². The van der Waals surface area contributed by atoms with E-state index >= 15 is 0 Å². The van der Waals surface area contributed by atoms with Gasteiger partial charge >= 0.3 is 18.5 Å². The summed E-state index contributed by atoms with van der Waals surface area (Å²) in [5, 5.41) is 3.35. The van der Waals surface area contributed by atoms with Gasteiger partial charge in [-0.25, -0.2) is 13.1 Å². The SMILES string of the molecule is O=S(=O)(Nc1ccc(-n2ccc(C(F)(F)F)n2)cc1)c1cc(OCC(F)(F)F)ccc1OCC(F)(F)F. The minimum absolute atomic E-state index is 0.107. The monoisotopic (exact) mass is 563 g/mol. The first-order valence-electron chi connectivity index (χ1n) is 9.72. The number of benzene rings is 2. The molecule has 0 spiro atoms. The summed E-state index contributed by atoms with van der Waals surface area (Å²) < 4.78 is 151. The highest BCUT2D eigenvalue weighted by Crippen LogP contribution is 2.33. The van der Waals surface area contributed by atoms with E-state index in [0.717, 1.165) is 29.1 Å². The van der Waals surface area contributed by atoms with Crippen LogP contribution in [-0.2, 0) is 16.2 Å². The summed E-state index contributed by atoms with van der Waals surface area (Å²) in [6, 6.07) is 7.37. The lowest BCUT2D eigenvalue weighted by Crippen LogP contribution is -2.22. The second-order valence-corrected chi connectivity index (χ2v) is 8.86. The van der Waals surface area contributed by atoms with E-state index in [0.29, 0.717) is 18.2 Å². The van der Waals surface area contributed by atoms with E-state index in [4.69, 9.17) is 0 Å². The smallest absolute Gasteiger partial charge is 0.435 e. The van der Waals surface area contributed by atoms with Crippen LogP contribution in [0.3, 0.4) is 0 Å². The van der Waals surface area contributed by atoms with Crippen molar-refractivity contribution in [2.24, 2.45) is 0 Å². The van der Waals surface area contributed by atoms with Gasteiger partial charge in [0.2, 0.25) is 0 Å². The van der Waals surface area contributed by atoms with Crippen LogP contribution in [0.2, 0.25) is 0 Å². The molecule has 0 amide bonds. The molecule has 0 aliphatic heterocycles. The Morgan fingerprint density at radius 2 is 1.41 bits per heavy atom. The first-order valence-corrected chi connectivity index (χ1v) is 11.2. The first kappa shape index (κ1) is 27.9. The molecule has 3 aromatic rings. The molecule has 0 aliphatic rings. The Balaban J connectivity index is 1.87. The van der Waals surface area contributed by atoms with Crippen LogP contribution < -0.4 is 14.2 Å². The number of ether oxygens (including phenoxy) is 2. The van der Waals surface area contributed by atoms with Crippen LogP contribution in [-0.4, -0.2) is 43.8 Å². The topological polar surface area (TPSA) is 82.5 Å². The number of hydrogen-bond acceptors (Lipinski definition) is 5. The molecule has 37 heavy (non-hydrogen) atoms. The fraction of sp³-hybridized carbons (Fsp3) is 0.250. The van der Waals surface area contributed by atoms with Crippen molar-refractivity contribution in [2.75, 3.05) is 17.9 Å². The van der Waals surface area contributed by atoms with Crippen LogP contribution in [0.5, 0.6) is 11.5 Å². The Labute approximate surface area is 202 Å². The van der Waals surface area contributed by atoms with E-state index < -0.39 is 63.9 Å². The molecule has 0 atom stereocenters. The Hall–Kier alpha value is -3.63. The lowest BCUT2D eigenvalue weighted by molar-refractivity contribution is -0.154. The quantitative estimate of drug-likeness (QED) is 0.363. The van der Waals surface area contributed by atoms with Gasteiger partial charge in [0.1, 0.15) is 16.4 Å². The van der Waals surface area contributed by atoms with Gasteiger partial charge in [-0.15, -0.1) is 0 Å². The highest BCUT2D eigenvalue weighted by molar-refractivity contribution is 7.92. The molecule has 202 valence electrons. The lowest BCUT2D eigenvalue weighted by Gasteiger charge is -2.16. The third-order valence-corrected chi connectivity index (χ3v) is 5.66. The first-order chi connectivity index (χ1) is 16.9. The summed E-state index contributed by atoms with van der Waals surface area (Å²) in [6.07, 6.45) is -13.3. The molecule has 1 heterocycles. The number of rotatable bonds is 8. The molecule has 2 aromatic carbocycles. The Morgan fingerprint density at radius 3 is 1.95 bits per heavy atom. The number of nitrogens with one attached hydrogen (secondary N) is 1. The zero-order valence-electron chi connectivity index (χ0n) is 17.9. The van der Waals surface area contributed by atoms with E-state index in [2.05, 4.69) is 14.6 Å². The molecule has 0 radical (unpaired) electrons. The van der Waals surface area contributed by atoms with Gasteiger partial charge in [-0.05, 0) is 42.5 Å². The number of aromatic nitrogens is 2. The van der Waals surface area contributed by atoms with Crippen molar-refractivity contribution in [2.45, 2.75) is 23.4 Å². The number of sulfonamides is 1. The van der Waals surface area contributed by atoms with Crippen LogP contribution in [0.1, 0.15) is 5.69 Å². The molecular formula is C20H14F9N3O4S. The lowest BCUT2D eigenvalue weighted by atomic mass is 10.3. The number of halogens is 9. The Kier molecular flexibility index (Phi) is 7.57. The van der Waals surface area contributed by atoms with Crippen molar-refractivity contribution in [1.82, 2.24) is 9.78 Å². The fourth-order valence-electron chi connectivity index (χ4n) is 2.74. The van der Waals surface area contributed by atoms with Crippen LogP contribution in [0.25, 0.3) is 5.69 Å². The minimum Gasteiger partial charge on any atom is -0.484 e. The van der Waals surface area contributed by atoms with Gasteiger partial charge in [0.05, 0.1) is 5.69 Å². The standard InChI is InChI=1S/C20H14F9N3O4S/c21-18(22,23)10-35-14-5-6-15(36-11-19(24,25)26)16(9-14)37(33,34)31-12-1-3-13(4-2-12)32-8-7-17(30-32)20(27,28)29/h1-9,31H,10-11H2. The van der Waals surface area contributed by atoms with Gasteiger partial charge in [-0.2, -0.15) is 44.6 Å². The molecule has 1 aromatic heterocycles. The molecule has 17 heteroatoms. The summed E-state index contributed by atoms with van der Waals surface area (Å²) in [5.41, 5.74) is -1.25. The molecular weight excluding hydrogens is 549 g/mol. The molecule has 0 unspecified atom stereocenters. The fourth-order valence-corrected chi connectivity index (χ4v) is 3.96. The zero-order valence-corrected chi connectivity index (χ0v) is 18.8. The van der Waals surface area contributed by atoms with Crippen molar-refractivity contribution in [3.63, 3.8) is 0 Å². The summed E-state index contributed by atoms with van der Waals surface area (Å²) in [5.74, 6) is -1.44. The summed E-state index contributed by atoms with van der Waals surface area (Å²) in [7, 11) is -4.76. The van der Waals surface area contributed by atoms with Crippen LogP contribution >= 0.6 is 0 Å². The average Bonchev–Trinajstić information content (AvgIpc) is 3.27. The molecule has 0 fully saturated rings. The number of alkyl halides is 9. The maximum absolute atomic E-state index is 12.9. The third-order valence-electron chi connectivity index (χ3n) is 4.26. The zero-order chi connectivity index (χ0) is 27.6. The minimum atomic E-state index is -4.85. The van der Waals surface area contributed by atoms with Gasteiger partial charge in [-0.3, -0.25) is 4.72 Å². The molecule has 0 aliphatic carbocycles. The van der Waals surface area contributed by atoms with Crippen molar-refractivity contribution in [3.05, 3.63) is 60.4 Å². The summed E-state index contributed by atoms with van der Waals surface area (Å²) >= 11 is 0. The predicted molar refractivity (Wildman–Crippen MR) is 109 cm³/mol. The van der Waals surface area contributed by atoms with Crippen molar-refractivity contribution < 1.29 is 57.4 Å². The Morgan fingerprint density at radius 1 is 0.811 bits per heavy atom. The molecule has 7 nitrogen and oxygen atoms in total. The average molecular weight is 563 g/mol.